The first kappa shape index (κ1) is 77.2. The number of carboxylic acid groups (broad SMARTS) is 3. The summed E-state index contributed by atoms with van der Waals surface area (Å²) in [4.78, 5) is 144. The number of aliphatic carboxylic acids is 3. The number of hydrogen-bond donors (Lipinski definition) is 6. The van der Waals surface area contributed by atoms with Crippen LogP contribution < -0.4 is 20.7 Å². The zero-order chi connectivity index (χ0) is 69.9. The van der Waals surface area contributed by atoms with Crippen molar-refractivity contribution in [1.82, 2.24) is 55.2 Å². The van der Waals surface area contributed by atoms with Gasteiger partial charge in [-0.2, -0.15) is 5.26 Å². The van der Waals surface area contributed by atoms with E-state index in [4.69, 9.17) is 4.74 Å². The van der Waals surface area contributed by atoms with Crippen molar-refractivity contribution in [2.45, 2.75) is 125 Å². The van der Waals surface area contributed by atoms with Crippen molar-refractivity contribution >= 4 is 105 Å². The number of nitrogens with zero attached hydrogens (tertiary/aromatic N) is 9. The number of likely N-dealkylation sites (tertiary alicyclic amines) is 3. The lowest BCUT2D eigenvalue weighted by atomic mass is 9.91. The average Bonchev–Trinajstić information content (AvgIpc) is 1.83. The second kappa shape index (κ2) is 39.4. The molecule has 530 valence electrons. The third kappa shape index (κ3) is 26.5. The molecule has 7 amide bonds. The second-order valence-electron chi connectivity index (χ2n) is 25.3. The number of pyridine rings is 1. The number of amides is 7. The highest BCUT2D eigenvalue weighted by Crippen LogP contribution is 2.33. The van der Waals surface area contributed by atoms with Crippen LogP contribution in [0.25, 0.3) is 10.9 Å². The molecule has 1 aromatic heterocycles. The minimum atomic E-state index is -3.18. The van der Waals surface area contributed by atoms with Gasteiger partial charge in [-0.3, -0.25) is 77.4 Å². The fourth-order valence-electron chi connectivity index (χ4n) is 12.5. The zero-order valence-corrected chi connectivity index (χ0v) is 57.8. The number of rotatable bonds is 35. The first-order valence-corrected chi connectivity index (χ1v) is 35.5. The normalized spacial score (nSPS) is 19.0. The van der Waals surface area contributed by atoms with E-state index in [0.29, 0.717) is 80.9 Å². The maximum atomic E-state index is 14.0. The van der Waals surface area contributed by atoms with Gasteiger partial charge >= 0.3 is 17.9 Å². The summed E-state index contributed by atoms with van der Waals surface area (Å²) >= 11 is 3.60. The number of piperidine rings is 1. The highest BCUT2D eigenvalue weighted by Gasteiger charge is 2.47. The first-order chi connectivity index (χ1) is 46.5. The molecule has 0 saturated carbocycles. The van der Waals surface area contributed by atoms with Crippen LogP contribution in [0.1, 0.15) is 112 Å². The van der Waals surface area contributed by atoms with Gasteiger partial charge in [0.25, 0.3) is 11.8 Å². The molecule has 4 fully saturated rings. The summed E-state index contributed by atoms with van der Waals surface area (Å²) in [7, 11) is 0. The molecule has 4 aliphatic heterocycles. The van der Waals surface area contributed by atoms with E-state index in [0.717, 1.165) is 59.8 Å². The largest absolute Gasteiger partial charge is 0.494 e. The molecule has 30 heteroatoms. The molecule has 5 heterocycles. The third-order valence-corrected chi connectivity index (χ3v) is 20.1. The summed E-state index contributed by atoms with van der Waals surface area (Å²) in [5.74, 6) is -7.93. The van der Waals surface area contributed by atoms with Gasteiger partial charge in [-0.15, -0.1) is 11.8 Å². The van der Waals surface area contributed by atoms with Gasteiger partial charge in [0.1, 0.15) is 11.8 Å². The number of aromatic nitrogens is 1. The Morgan fingerprint density at radius 3 is 1.99 bits per heavy atom. The smallest absolute Gasteiger partial charge is 0.317 e. The molecule has 7 rings (SSSR count). The molecular formula is C67H91F2IN12O14S. The van der Waals surface area contributed by atoms with Gasteiger partial charge in [-0.1, -0.05) is 31.4 Å². The van der Waals surface area contributed by atoms with E-state index in [9.17, 15) is 77.3 Å². The van der Waals surface area contributed by atoms with Gasteiger partial charge in [0.15, 0.2) is 0 Å². The van der Waals surface area contributed by atoms with Gasteiger partial charge in [0.05, 0.1) is 68.3 Å². The summed E-state index contributed by atoms with van der Waals surface area (Å²) in [6.45, 7) is 1.79. The SMILES string of the molecule is N#C[C@H]1CC(F)(F)CN1C(=O)CNC(=O)c1ccnc2ccc(OCCCCC3CCN(C(=O)CCCN4C(=O)CC(SC(CCCCCNC(=O)CCCc5ccc(I)cc5)CNC(=O)CN5CCN(CC(=O)O)CCN(CC(=O)O)CCN(CC(=O)O)CC5)C4=O)CC3)cc12. The number of nitrogens with one attached hydrogen (secondary N) is 3. The third-order valence-electron chi connectivity index (χ3n) is 17.9. The van der Waals surface area contributed by atoms with Crippen LogP contribution in [0.3, 0.4) is 0 Å². The standard InChI is InChI=1S/C67H91F2IN12O14S/c68-67(69)38-50(39-71)82(46-67)61(87)41-75-65(94)53-19-23-72-55-18-17-51(36-54(53)55)96-35-5-3-8-48-20-25-80(26-21-48)59(85)12-7-24-81-60(86)37-56(66(81)95)97-52(10-2-1-4-22-73-57(83)11-6-9-47-13-15-49(70)16-14-47)40-74-58(84)42-76-27-29-77(43-62(88)89)31-33-79(45-64(92)93)34-32-78(30-28-76)44-63(90)91/h13-19,23,36,48,50,52,56H,1-12,20-22,24-35,37-38,40-46H2,(H,73,83)(H,74,84)(H,75,94)(H,88,89)(H,90,91)(H,92,93)/t50-,52?,56?/m1/s1. The van der Waals surface area contributed by atoms with Crippen molar-refractivity contribution in [2.24, 2.45) is 5.92 Å². The fraction of sp³-hybridized carbons (Fsp3) is 0.612. The van der Waals surface area contributed by atoms with E-state index in [2.05, 4.69) is 55.7 Å². The summed E-state index contributed by atoms with van der Waals surface area (Å²) in [5.41, 5.74) is 1.90. The minimum absolute atomic E-state index is 0.0185. The zero-order valence-electron chi connectivity index (χ0n) is 54.9. The number of carbonyl (C=O) groups excluding carboxylic acids is 7. The highest BCUT2D eigenvalue weighted by atomic mass is 127. The second-order valence-corrected chi connectivity index (χ2v) is 28.1. The molecule has 4 aliphatic rings. The molecule has 0 aliphatic carbocycles. The van der Waals surface area contributed by atoms with Crippen LogP contribution in [0.15, 0.2) is 54.7 Å². The Kier molecular flexibility index (Phi) is 31.4. The van der Waals surface area contributed by atoms with Gasteiger partial charge in [0.2, 0.25) is 35.4 Å². The number of alkyl halides is 2. The average molecular weight is 1490 g/mol. The van der Waals surface area contributed by atoms with Crippen LogP contribution in [0.4, 0.5) is 8.78 Å². The van der Waals surface area contributed by atoms with Crippen molar-refractivity contribution < 1.29 is 76.8 Å². The Balaban J connectivity index is 0.842. The molecule has 2 aromatic carbocycles. The molecule has 3 aromatic rings. The number of carbonyl (C=O) groups is 10. The molecule has 26 nitrogen and oxygen atoms in total. The van der Waals surface area contributed by atoms with Gasteiger partial charge in [-0.25, -0.2) is 8.78 Å². The van der Waals surface area contributed by atoms with Crippen LogP contribution in [0, 0.1) is 20.8 Å². The van der Waals surface area contributed by atoms with E-state index in [1.165, 1.54) is 34.5 Å². The van der Waals surface area contributed by atoms with Crippen molar-refractivity contribution in [3.63, 3.8) is 0 Å². The van der Waals surface area contributed by atoms with E-state index < -0.39 is 66.4 Å². The number of hydrogen-bond acceptors (Lipinski definition) is 18. The maximum Gasteiger partial charge on any atom is 0.317 e. The number of carboxylic acids is 3. The molecule has 0 bridgehead atoms. The number of halogens is 3. The molecule has 97 heavy (non-hydrogen) atoms. The molecule has 4 saturated heterocycles. The van der Waals surface area contributed by atoms with Crippen LogP contribution in [-0.2, 0) is 49.6 Å². The van der Waals surface area contributed by atoms with Crippen molar-refractivity contribution in [1.29, 1.82) is 5.26 Å². The van der Waals surface area contributed by atoms with E-state index in [1.54, 1.807) is 39.0 Å². The van der Waals surface area contributed by atoms with Crippen LogP contribution in [0.5, 0.6) is 5.75 Å². The number of thioether (sulfide) groups is 1. The first-order valence-electron chi connectivity index (χ1n) is 33.5. The highest BCUT2D eigenvalue weighted by molar-refractivity contribution is 14.1. The molecule has 0 spiro atoms. The van der Waals surface area contributed by atoms with Gasteiger partial charge in [-0.05, 0) is 128 Å². The quantitative estimate of drug-likeness (QED) is 0.0270. The number of fused-ring (bicyclic) bond motifs is 1. The van der Waals surface area contributed by atoms with E-state index in [-0.39, 0.29) is 145 Å². The molecular weight excluding hydrogens is 1390 g/mol. The van der Waals surface area contributed by atoms with Gasteiger partial charge in [0, 0.05) is 131 Å². The Labute approximate surface area is 582 Å². The van der Waals surface area contributed by atoms with Gasteiger partial charge < -0.3 is 45.8 Å². The molecule has 0 radical (unpaired) electrons. The lowest BCUT2D eigenvalue weighted by Crippen LogP contribution is -2.50. The van der Waals surface area contributed by atoms with E-state index in [1.807, 2.05) is 21.9 Å². The number of imide groups is 1. The fourth-order valence-corrected chi connectivity index (χ4v) is 14.3. The Hall–Kier alpha value is -7.18. The number of unbranched alkanes of at least 4 members (excludes halogenated alkanes) is 3. The van der Waals surface area contributed by atoms with Crippen LogP contribution >= 0.6 is 34.4 Å². The molecule has 6 N–H and O–H groups in total. The van der Waals surface area contributed by atoms with Crippen LogP contribution in [0.2, 0.25) is 0 Å². The van der Waals surface area contributed by atoms with E-state index >= 15 is 0 Å². The predicted octanol–water partition coefficient (Wildman–Crippen LogP) is 4.42. The lowest BCUT2D eigenvalue weighted by molar-refractivity contribution is -0.140. The Bertz CT molecular complexity index is 3200. The Morgan fingerprint density at radius 2 is 1.36 bits per heavy atom. The lowest BCUT2D eigenvalue weighted by Gasteiger charge is -2.33. The predicted molar refractivity (Wildman–Crippen MR) is 364 cm³/mol. The summed E-state index contributed by atoms with van der Waals surface area (Å²) in [5, 5.41) is 46.2. The van der Waals surface area contributed by atoms with Crippen LogP contribution in [-0.4, -0.2) is 267 Å². The number of benzene rings is 2. The minimum Gasteiger partial charge on any atom is -0.494 e. The summed E-state index contributed by atoms with van der Waals surface area (Å²) in [6.07, 6.45) is 10.0. The summed E-state index contributed by atoms with van der Waals surface area (Å²) < 4.78 is 35.1. The maximum absolute atomic E-state index is 14.0. The number of ether oxygens (including phenoxy) is 1. The Morgan fingerprint density at radius 1 is 0.722 bits per heavy atom. The van der Waals surface area contributed by atoms with Crippen molar-refractivity contribution in [2.75, 3.05) is 131 Å². The molecule has 3 atom stereocenters. The van der Waals surface area contributed by atoms with Crippen molar-refractivity contribution in [3.05, 3.63) is 69.4 Å². The molecule has 2 unspecified atom stereocenters. The summed E-state index contributed by atoms with van der Waals surface area (Å²) in [6, 6.07) is 15.3. The monoisotopic (exact) mass is 1480 g/mol. The number of nitriles is 1. The van der Waals surface area contributed by atoms with Crippen molar-refractivity contribution in [3.8, 4) is 11.8 Å². The number of aryl methyl sites for hydroxylation is 1. The topological polar surface area (TPSA) is 336 Å².